The Labute approximate surface area is 408 Å². The van der Waals surface area contributed by atoms with Crippen LogP contribution in [-0.4, -0.2) is 146 Å². The number of hydrogen-bond acceptors (Lipinski definition) is 13. The maximum Gasteiger partial charge on any atom is 0.329 e. The summed E-state index contributed by atoms with van der Waals surface area (Å²) in [6.45, 7) is 11.5. The van der Waals surface area contributed by atoms with Crippen LogP contribution < -0.4 is 32.3 Å². The second-order valence-electron chi connectivity index (χ2n) is 19.0. The van der Waals surface area contributed by atoms with Gasteiger partial charge >= 0.3 is 5.97 Å². The van der Waals surface area contributed by atoms with Gasteiger partial charge in [-0.25, -0.2) is 4.79 Å². The van der Waals surface area contributed by atoms with Gasteiger partial charge in [0.15, 0.2) is 0 Å². The van der Waals surface area contributed by atoms with E-state index in [-0.39, 0.29) is 43.8 Å². The lowest BCUT2D eigenvalue weighted by Crippen LogP contribution is -2.66. The first kappa shape index (κ1) is 56.0. The molecular weight excluding hydrogens is 909 g/mol. The number of nitrogens with two attached hydrogens (primary N) is 1. The van der Waals surface area contributed by atoms with Crippen molar-refractivity contribution in [2.75, 3.05) is 7.05 Å². The number of ether oxygens (including phenoxy) is 1. The summed E-state index contributed by atoms with van der Waals surface area (Å²) >= 11 is 0. The number of piperidine rings is 1. The number of esters is 1. The van der Waals surface area contributed by atoms with E-state index in [1.54, 1.807) is 71.9 Å². The van der Waals surface area contributed by atoms with Crippen LogP contribution in [0, 0.1) is 17.8 Å². The Kier molecular flexibility index (Phi) is 20.2. The number of carbonyl (C=O) groups is 9. The van der Waals surface area contributed by atoms with Crippen molar-refractivity contribution in [3.8, 4) is 5.75 Å². The smallest absolute Gasteiger partial charge is 0.329 e. The first-order valence-electron chi connectivity index (χ1n) is 23.7. The van der Waals surface area contributed by atoms with E-state index in [9.17, 15) is 58.5 Å². The van der Waals surface area contributed by atoms with Crippen molar-refractivity contribution in [1.82, 2.24) is 36.4 Å². The van der Waals surface area contributed by atoms with Crippen LogP contribution in [0.2, 0.25) is 0 Å². The van der Waals surface area contributed by atoms with Crippen molar-refractivity contribution in [2.45, 2.75) is 154 Å². The average molecular weight is 979 g/mol. The van der Waals surface area contributed by atoms with Crippen LogP contribution in [0.5, 0.6) is 5.75 Å². The maximum atomic E-state index is 14.8. The summed E-state index contributed by atoms with van der Waals surface area (Å²) in [4.78, 5) is 129. The van der Waals surface area contributed by atoms with Crippen molar-refractivity contribution in [3.05, 3.63) is 65.7 Å². The van der Waals surface area contributed by atoms with Crippen LogP contribution in [0.3, 0.4) is 0 Å². The monoisotopic (exact) mass is 979 g/mol. The molecule has 21 heteroatoms. The summed E-state index contributed by atoms with van der Waals surface area (Å²) in [5.74, 6) is -10.1. The number of cyclic esters (lactones) is 1. The van der Waals surface area contributed by atoms with Gasteiger partial charge in [-0.1, -0.05) is 90.4 Å². The van der Waals surface area contributed by atoms with Crippen molar-refractivity contribution >= 4 is 53.2 Å². The van der Waals surface area contributed by atoms with Gasteiger partial charge in [0.2, 0.25) is 47.3 Å². The van der Waals surface area contributed by atoms with Gasteiger partial charge in [0.25, 0.3) is 0 Å². The zero-order valence-corrected chi connectivity index (χ0v) is 41.0. The van der Waals surface area contributed by atoms with Crippen LogP contribution in [0.1, 0.15) is 91.7 Å². The first-order valence-corrected chi connectivity index (χ1v) is 23.7. The Hall–Kier alpha value is -6.61. The molecule has 2 aromatic carbocycles. The maximum absolute atomic E-state index is 14.8. The van der Waals surface area contributed by atoms with Crippen LogP contribution >= 0.6 is 0 Å². The number of carbonyl (C=O) groups excluding carboxylic acids is 9. The molecule has 0 spiro atoms. The minimum absolute atomic E-state index is 0.0119. The molecule has 4 rings (SSSR count). The minimum Gasteiger partial charge on any atom is -0.508 e. The third kappa shape index (κ3) is 14.9. The van der Waals surface area contributed by atoms with E-state index in [4.69, 9.17) is 10.5 Å². The number of nitrogens with one attached hydrogen (secondary N) is 5. The largest absolute Gasteiger partial charge is 0.508 e. The highest BCUT2D eigenvalue weighted by Crippen LogP contribution is 2.28. The van der Waals surface area contributed by atoms with E-state index >= 15 is 0 Å². The van der Waals surface area contributed by atoms with E-state index < -0.39 is 132 Å². The molecule has 2 aliphatic rings. The van der Waals surface area contributed by atoms with Crippen LogP contribution in [0.25, 0.3) is 0 Å². The molecule has 2 aromatic rings. The Morgan fingerprint density at radius 1 is 0.843 bits per heavy atom. The molecule has 21 nitrogen and oxygen atoms in total. The summed E-state index contributed by atoms with van der Waals surface area (Å²) in [5.41, 5.74) is 6.55. The van der Waals surface area contributed by atoms with Gasteiger partial charge in [-0.05, 0) is 67.2 Å². The molecule has 2 bridgehead atoms. The third-order valence-corrected chi connectivity index (χ3v) is 12.6. The number of phenolic OH excluding ortho intramolecular Hbond substituents is 1. The fourth-order valence-corrected chi connectivity index (χ4v) is 8.41. The molecule has 2 fully saturated rings. The molecule has 2 saturated heterocycles. The van der Waals surface area contributed by atoms with Gasteiger partial charge in [-0.3, -0.25) is 38.4 Å². The van der Waals surface area contributed by atoms with Gasteiger partial charge in [0, 0.05) is 19.9 Å². The molecule has 0 unspecified atom stereocenters. The number of aliphatic hydroxyl groups excluding tert-OH is 2. The molecule has 11 atom stereocenters. The summed E-state index contributed by atoms with van der Waals surface area (Å²) in [5, 5.41) is 44.5. The number of fused-ring (bicyclic) bond motifs is 2. The van der Waals surface area contributed by atoms with Crippen LogP contribution in [-0.2, 0) is 60.7 Å². The Morgan fingerprint density at radius 2 is 1.49 bits per heavy atom. The SMILES string of the molecule is CC[C@H](C)[C@H]1C(=O)N(C)[C@@H](Cc2ccccc2)C(=O)N[C@@H](C(C)C)C(=O)O[C@@H](C)[C@H](NC(=O)[C@@H](CC(N)=O)NC(=O)[C@H](O)Cc2ccc(O)cc2)C(=O)N[C@@H](CC(C)C)C(=O)N[C@H]2CC[C@@H](O)N1C2=O. The Balaban J connectivity index is 1.81. The standard InChI is InChI=1S/C49H70N8O13/c1-9-27(6)41-48(68)56(8)35(22-29-13-11-10-12-14-29)44(64)54-39(26(4)5)49(69)70-28(7)40(46(66)53-33(21-25(2)3)42(62)51-32-19-20-38(61)57(41)47(32)67)55-43(63)34(24-37(50)60)52-45(65)36(59)23-30-15-17-31(58)18-16-30/h10-18,25-28,32-36,38-41,58-59,61H,9,19-24H2,1-8H3,(H2,50,60)(H,51,62)(H,52,65)(H,53,66)(H,54,64)(H,55,63)/t27-,28-,32-,33-,34+,35-,36+,38+,39-,40-,41-/m0/s1. The highest BCUT2D eigenvalue weighted by Gasteiger charge is 2.47. The predicted octanol–water partition coefficient (Wildman–Crippen LogP) is -0.332. The fourth-order valence-electron chi connectivity index (χ4n) is 8.41. The minimum atomic E-state index is -1.87. The molecular formula is C49H70N8O13. The summed E-state index contributed by atoms with van der Waals surface area (Å²) in [6, 6.07) is 4.02. The number of aliphatic hydroxyl groups is 2. The van der Waals surface area contributed by atoms with Gasteiger partial charge in [0.1, 0.15) is 66.5 Å². The zero-order chi connectivity index (χ0) is 52.1. The number of primary amides is 1. The molecule has 10 N–H and O–H groups in total. The summed E-state index contributed by atoms with van der Waals surface area (Å²) < 4.78 is 5.84. The normalized spacial score (nSPS) is 25.5. The number of benzene rings is 2. The van der Waals surface area contributed by atoms with Gasteiger partial charge in [0.05, 0.1) is 6.42 Å². The first-order chi connectivity index (χ1) is 32.9. The quantitative estimate of drug-likeness (QED) is 0.103. The average Bonchev–Trinajstić information content (AvgIpc) is 3.30. The highest BCUT2D eigenvalue weighted by atomic mass is 16.5. The molecule has 384 valence electrons. The number of phenols is 1. The van der Waals surface area contributed by atoms with Crippen molar-refractivity contribution in [2.24, 2.45) is 23.5 Å². The van der Waals surface area contributed by atoms with Crippen LogP contribution in [0.15, 0.2) is 54.6 Å². The lowest BCUT2D eigenvalue weighted by molar-refractivity contribution is -0.168. The van der Waals surface area contributed by atoms with E-state index in [1.165, 1.54) is 43.1 Å². The molecule has 0 aromatic heterocycles. The second-order valence-corrected chi connectivity index (χ2v) is 19.0. The lowest BCUT2D eigenvalue weighted by atomic mass is 9.91. The van der Waals surface area contributed by atoms with Crippen molar-refractivity contribution < 1.29 is 63.2 Å². The Bertz CT molecular complexity index is 2190. The molecule has 2 aliphatic heterocycles. The highest BCUT2D eigenvalue weighted by molar-refractivity contribution is 5.99. The number of likely N-dealkylation sites (N-methyl/N-ethyl adjacent to an activating group) is 1. The Morgan fingerprint density at radius 3 is 2.07 bits per heavy atom. The summed E-state index contributed by atoms with van der Waals surface area (Å²) in [7, 11) is 1.39. The number of amides is 8. The molecule has 8 amide bonds. The van der Waals surface area contributed by atoms with E-state index in [0.29, 0.717) is 17.5 Å². The number of rotatable bonds is 15. The van der Waals surface area contributed by atoms with E-state index in [2.05, 4.69) is 26.6 Å². The lowest BCUT2D eigenvalue weighted by Gasteiger charge is -2.44. The van der Waals surface area contributed by atoms with Crippen LogP contribution in [0.4, 0.5) is 0 Å². The molecule has 0 radical (unpaired) electrons. The fraction of sp³-hybridized carbons (Fsp3) is 0.571. The van der Waals surface area contributed by atoms with E-state index in [0.717, 1.165) is 4.90 Å². The molecule has 2 heterocycles. The topological polar surface area (TPSA) is 316 Å². The number of aromatic hydroxyl groups is 1. The number of hydrogen-bond donors (Lipinski definition) is 9. The predicted molar refractivity (Wildman–Crippen MR) is 253 cm³/mol. The van der Waals surface area contributed by atoms with Crippen molar-refractivity contribution in [3.63, 3.8) is 0 Å². The van der Waals surface area contributed by atoms with Gasteiger partial charge in [-0.15, -0.1) is 0 Å². The van der Waals surface area contributed by atoms with Gasteiger partial charge in [-0.2, -0.15) is 0 Å². The molecule has 0 saturated carbocycles. The second kappa shape index (κ2) is 25.3. The van der Waals surface area contributed by atoms with E-state index in [1.807, 2.05) is 0 Å². The summed E-state index contributed by atoms with van der Waals surface area (Å²) in [6.07, 6.45) is -5.66. The molecule has 0 aliphatic carbocycles. The third-order valence-electron chi connectivity index (χ3n) is 12.6. The zero-order valence-electron chi connectivity index (χ0n) is 41.0. The van der Waals surface area contributed by atoms with Crippen molar-refractivity contribution in [1.29, 1.82) is 0 Å². The molecule has 70 heavy (non-hydrogen) atoms. The number of nitrogens with zero attached hydrogens (tertiary/aromatic N) is 2. The van der Waals surface area contributed by atoms with Gasteiger partial charge < -0.3 is 62.2 Å².